The van der Waals surface area contributed by atoms with Crippen molar-refractivity contribution >= 4 is 23.6 Å². The van der Waals surface area contributed by atoms with E-state index in [1.807, 2.05) is 0 Å². The zero-order valence-electron chi connectivity index (χ0n) is 6.65. The van der Waals surface area contributed by atoms with Crippen LogP contribution in [0.15, 0.2) is 0 Å². The number of thioether (sulfide) groups is 1. The average molecular weight is 189 g/mol. The van der Waals surface area contributed by atoms with Crippen LogP contribution in [0.3, 0.4) is 0 Å². The van der Waals surface area contributed by atoms with Gasteiger partial charge in [-0.05, 0) is 0 Å². The largest absolute Gasteiger partial charge is 0.481 e. The Labute approximate surface area is 74.9 Å². The van der Waals surface area contributed by atoms with Gasteiger partial charge in [0.25, 0.3) is 0 Å². The van der Waals surface area contributed by atoms with Gasteiger partial charge in [-0.2, -0.15) is 11.8 Å². The van der Waals surface area contributed by atoms with Crippen LogP contribution in [0, 0.1) is 0 Å². The van der Waals surface area contributed by atoms with Crippen molar-refractivity contribution in [2.75, 3.05) is 24.6 Å². The molecule has 0 aromatic rings. The number of carboxylic acid groups (broad SMARTS) is 1. The van der Waals surface area contributed by atoms with E-state index >= 15 is 0 Å². The van der Waals surface area contributed by atoms with Gasteiger partial charge < -0.3 is 10.0 Å². The van der Waals surface area contributed by atoms with Gasteiger partial charge in [-0.25, -0.2) is 0 Å². The van der Waals surface area contributed by atoms with E-state index < -0.39 is 5.97 Å². The van der Waals surface area contributed by atoms with E-state index in [1.54, 1.807) is 16.7 Å². The minimum absolute atomic E-state index is 0.261. The third kappa shape index (κ3) is 2.73. The number of amides is 1. The molecule has 1 rings (SSSR count). The van der Waals surface area contributed by atoms with Crippen molar-refractivity contribution in [1.82, 2.24) is 4.90 Å². The van der Waals surface area contributed by atoms with Crippen LogP contribution >= 0.6 is 11.8 Å². The average Bonchev–Trinajstić information content (AvgIpc) is 2.05. The Hall–Kier alpha value is -0.710. The van der Waals surface area contributed by atoms with Crippen LogP contribution in [0.25, 0.3) is 0 Å². The molecule has 12 heavy (non-hydrogen) atoms. The van der Waals surface area contributed by atoms with Gasteiger partial charge in [0.1, 0.15) is 6.42 Å². The molecule has 1 aliphatic rings. The van der Waals surface area contributed by atoms with E-state index in [2.05, 4.69) is 0 Å². The lowest BCUT2D eigenvalue weighted by molar-refractivity contribution is -0.144. The van der Waals surface area contributed by atoms with Gasteiger partial charge in [-0.3, -0.25) is 9.59 Å². The maximum absolute atomic E-state index is 11.1. The van der Waals surface area contributed by atoms with Crippen LogP contribution < -0.4 is 0 Å². The predicted molar refractivity (Wildman–Crippen MR) is 46.2 cm³/mol. The van der Waals surface area contributed by atoms with Gasteiger partial charge in [-0.1, -0.05) is 0 Å². The highest BCUT2D eigenvalue weighted by atomic mass is 32.2. The SMILES string of the molecule is O=C(O)CC(=O)N1CCSCC1. The first-order chi connectivity index (χ1) is 5.70. The van der Waals surface area contributed by atoms with Gasteiger partial charge in [-0.15, -0.1) is 0 Å². The first-order valence-corrected chi connectivity index (χ1v) is 4.93. The van der Waals surface area contributed by atoms with Crippen molar-refractivity contribution in [2.45, 2.75) is 6.42 Å². The third-order valence-corrected chi connectivity index (χ3v) is 2.61. The second-order valence-electron chi connectivity index (χ2n) is 2.56. The van der Waals surface area contributed by atoms with Crippen LogP contribution in [0.2, 0.25) is 0 Å². The second kappa shape index (κ2) is 4.35. The number of nitrogens with zero attached hydrogens (tertiary/aromatic N) is 1. The molecule has 1 fully saturated rings. The molecule has 5 heteroatoms. The molecule has 0 aromatic carbocycles. The molecular weight excluding hydrogens is 178 g/mol. The zero-order chi connectivity index (χ0) is 8.97. The van der Waals surface area contributed by atoms with Crippen molar-refractivity contribution in [3.63, 3.8) is 0 Å². The second-order valence-corrected chi connectivity index (χ2v) is 3.79. The summed E-state index contributed by atoms with van der Waals surface area (Å²) < 4.78 is 0. The highest BCUT2D eigenvalue weighted by Crippen LogP contribution is 2.09. The van der Waals surface area contributed by atoms with E-state index in [4.69, 9.17) is 5.11 Å². The van der Waals surface area contributed by atoms with Gasteiger partial charge >= 0.3 is 5.97 Å². The van der Waals surface area contributed by atoms with Crippen LogP contribution in [-0.2, 0) is 9.59 Å². The summed E-state index contributed by atoms with van der Waals surface area (Å²) in [5.41, 5.74) is 0. The Morgan fingerprint density at radius 1 is 1.33 bits per heavy atom. The molecule has 0 bridgehead atoms. The topological polar surface area (TPSA) is 57.6 Å². The van der Waals surface area contributed by atoms with Gasteiger partial charge in [0, 0.05) is 24.6 Å². The molecule has 1 heterocycles. The standard InChI is InChI=1S/C7H11NO3S/c9-6(5-7(10)11)8-1-3-12-4-2-8/h1-5H2,(H,10,11). The summed E-state index contributed by atoms with van der Waals surface area (Å²) >= 11 is 1.79. The molecule has 1 amide bonds. The first-order valence-electron chi connectivity index (χ1n) is 3.77. The molecule has 68 valence electrons. The summed E-state index contributed by atoms with van der Waals surface area (Å²) in [4.78, 5) is 23.0. The first kappa shape index (κ1) is 9.38. The molecule has 1 N–H and O–H groups in total. The van der Waals surface area contributed by atoms with E-state index in [-0.39, 0.29) is 12.3 Å². The highest BCUT2D eigenvalue weighted by Gasteiger charge is 2.18. The van der Waals surface area contributed by atoms with Crippen molar-refractivity contribution < 1.29 is 14.7 Å². The lowest BCUT2D eigenvalue weighted by atomic mass is 10.3. The van der Waals surface area contributed by atoms with Gasteiger partial charge in [0.2, 0.25) is 5.91 Å². The molecule has 0 unspecified atom stereocenters. The molecule has 4 nitrogen and oxygen atoms in total. The van der Waals surface area contributed by atoms with Crippen LogP contribution in [0.5, 0.6) is 0 Å². The van der Waals surface area contributed by atoms with Crippen molar-refractivity contribution in [3.8, 4) is 0 Å². The van der Waals surface area contributed by atoms with Crippen LogP contribution in [0.1, 0.15) is 6.42 Å². The number of carbonyl (C=O) groups is 2. The Morgan fingerprint density at radius 3 is 2.42 bits per heavy atom. The number of carbonyl (C=O) groups excluding carboxylic acids is 1. The summed E-state index contributed by atoms with van der Waals surface area (Å²) in [5, 5.41) is 8.36. The smallest absolute Gasteiger partial charge is 0.312 e. The summed E-state index contributed by atoms with van der Waals surface area (Å²) in [5.74, 6) is 0.539. The molecule has 1 saturated heterocycles. The molecule has 0 aliphatic carbocycles. The fourth-order valence-corrected chi connectivity index (χ4v) is 1.96. The molecule has 0 atom stereocenters. The number of hydrogen-bond acceptors (Lipinski definition) is 3. The Bertz CT molecular complexity index is 189. The molecule has 0 aromatic heterocycles. The molecule has 0 spiro atoms. The van der Waals surface area contributed by atoms with E-state index in [1.165, 1.54) is 0 Å². The lowest BCUT2D eigenvalue weighted by Crippen LogP contribution is -2.38. The minimum atomic E-state index is -1.04. The van der Waals surface area contributed by atoms with Crippen molar-refractivity contribution in [1.29, 1.82) is 0 Å². The quantitative estimate of drug-likeness (QED) is 0.623. The number of aliphatic carboxylic acids is 1. The lowest BCUT2D eigenvalue weighted by Gasteiger charge is -2.25. The van der Waals surface area contributed by atoms with Gasteiger partial charge in [0.15, 0.2) is 0 Å². The Morgan fingerprint density at radius 2 is 1.92 bits per heavy atom. The summed E-state index contributed by atoms with van der Waals surface area (Å²) in [7, 11) is 0. The monoisotopic (exact) mass is 189 g/mol. The Balaban J connectivity index is 2.34. The third-order valence-electron chi connectivity index (χ3n) is 1.67. The zero-order valence-corrected chi connectivity index (χ0v) is 7.47. The summed E-state index contributed by atoms with van der Waals surface area (Å²) in [6.45, 7) is 1.38. The minimum Gasteiger partial charge on any atom is -0.481 e. The molecule has 0 saturated carbocycles. The van der Waals surface area contributed by atoms with E-state index in [0.29, 0.717) is 13.1 Å². The van der Waals surface area contributed by atoms with Crippen molar-refractivity contribution in [2.24, 2.45) is 0 Å². The number of hydrogen-bond donors (Lipinski definition) is 1. The van der Waals surface area contributed by atoms with E-state index in [9.17, 15) is 9.59 Å². The van der Waals surface area contributed by atoms with E-state index in [0.717, 1.165) is 11.5 Å². The maximum atomic E-state index is 11.1. The fourth-order valence-electron chi connectivity index (χ4n) is 1.05. The molecular formula is C7H11NO3S. The van der Waals surface area contributed by atoms with Crippen LogP contribution in [-0.4, -0.2) is 46.5 Å². The molecule has 0 radical (unpaired) electrons. The van der Waals surface area contributed by atoms with Crippen LogP contribution in [0.4, 0.5) is 0 Å². The number of carboxylic acids is 1. The summed E-state index contributed by atoms with van der Waals surface area (Å²) in [6.07, 6.45) is -0.370. The summed E-state index contributed by atoms with van der Waals surface area (Å²) in [6, 6.07) is 0. The predicted octanol–water partition coefficient (Wildman–Crippen LogP) is 0.0365. The Kier molecular flexibility index (Phi) is 3.40. The maximum Gasteiger partial charge on any atom is 0.312 e. The van der Waals surface area contributed by atoms with Gasteiger partial charge in [0.05, 0.1) is 0 Å². The number of rotatable bonds is 2. The highest BCUT2D eigenvalue weighted by molar-refractivity contribution is 7.99. The van der Waals surface area contributed by atoms with Crippen molar-refractivity contribution in [3.05, 3.63) is 0 Å². The fraction of sp³-hybridized carbons (Fsp3) is 0.714. The molecule has 1 aliphatic heterocycles. The normalized spacial score (nSPS) is 17.5.